The molecule has 1 fully saturated rings. The molecular formula is C14H18ClNO4S. The van der Waals surface area contributed by atoms with Gasteiger partial charge in [-0.05, 0) is 37.1 Å². The van der Waals surface area contributed by atoms with E-state index in [4.69, 9.17) is 16.3 Å². The van der Waals surface area contributed by atoms with Crippen molar-refractivity contribution >= 4 is 27.6 Å². The van der Waals surface area contributed by atoms with Gasteiger partial charge in [-0.25, -0.2) is 13.1 Å². The SMILES string of the molecule is COC(=O)[C@@H]1CCCC[C@H]1NS(=O)(=O)c1ccc(Cl)cc1. The maximum Gasteiger partial charge on any atom is 0.310 e. The molecule has 0 saturated heterocycles. The number of halogens is 1. The van der Waals surface area contributed by atoms with Crippen LogP contribution in [0.2, 0.25) is 5.02 Å². The number of esters is 1. The molecule has 0 aliphatic heterocycles. The van der Waals surface area contributed by atoms with Crippen molar-refractivity contribution in [3.05, 3.63) is 29.3 Å². The summed E-state index contributed by atoms with van der Waals surface area (Å²) in [7, 11) is -2.35. The highest BCUT2D eigenvalue weighted by Crippen LogP contribution is 2.27. The van der Waals surface area contributed by atoms with E-state index in [0.717, 1.165) is 12.8 Å². The summed E-state index contributed by atoms with van der Waals surface area (Å²) in [6.07, 6.45) is 3.06. The van der Waals surface area contributed by atoms with Gasteiger partial charge in [0.05, 0.1) is 17.9 Å². The molecule has 0 bridgehead atoms. The maximum absolute atomic E-state index is 12.4. The molecular weight excluding hydrogens is 314 g/mol. The molecule has 0 radical (unpaired) electrons. The van der Waals surface area contributed by atoms with Crippen LogP contribution >= 0.6 is 11.6 Å². The van der Waals surface area contributed by atoms with E-state index in [9.17, 15) is 13.2 Å². The number of rotatable bonds is 4. The third-order valence-corrected chi connectivity index (χ3v) is 5.46. The first-order valence-corrected chi connectivity index (χ1v) is 8.66. The number of carbonyl (C=O) groups excluding carboxylic acids is 1. The molecule has 5 nitrogen and oxygen atoms in total. The molecule has 1 aliphatic rings. The van der Waals surface area contributed by atoms with Crippen LogP contribution in [0.5, 0.6) is 0 Å². The van der Waals surface area contributed by atoms with Crippen molar-refractivity contribution in [1.29, 1.82) is 0 Å². The number of ether oxygens (including phenoxy) is 1. The van der Waals surface area contributed by atoms with Crippen LogP contribution in [0.15, 0.2) is 29.2 Å². The molecule has 21 heavy (non-hydrogen) atoms. The van der Waals surface area contributed by atoms with Gasteiger partial charge in [-0.2, -0.15) is 0 Å². The van der Waals surface area contributed by atoms with Gasteiger partial charge in [-0.3, -0.25) is 4.79 Å². The van der Waals surface area contributed by atoms with E-state index >= 15 is 0 Å². The highest BCUT2D eigenvalue weighted by Gasteiger charge is 2.34. The molecule has 0 aromatic heterocycles. The van der Waals surface area contributed by atoms with Gasteiger partial charge in [0.2, 0.25) is 10.0 Å². The number of sulfonamides is 1. The van der Waals surface area contributed by atoms with Gasteiger partial charge in [0, 0.05) is 11.1 Å². The Balaban J connectivity index is 2.17. The zero-order chi connectivity index (χ0) is 15.5. The lowest BCUT2D eigenvalue weighted by Crippen LogP contribution is -2.45. The first-order valence-electron chi connectivity index (χ1n) is 6.80. The van der Waals surface area contributed by atoms with E-state index < -0.39 is 22.0 Å². The molecule has 1 saturated carbocycles. The highest BCUT2D eigenvalue weighted by molar-refractivity contribution is 7.89. The van der Waals surface area contributed by atoms with Gasteiger partial charge in [-0.15, -0.1) is 0 Å². The molecule has 0 amide bonds. The summed E-state index contributed by atoms with van der Waals surface area (Å²) in [6, 6.07) is 5.51. The fourth-order valence-corrected chi connectivity index (χ4v) is 4.02. The van der Waals surface area contributed by atoms with Gasteiger partial charge < -0.3 is 4.74 Å². The quantitative estimate of drug-likeness (QED) is 0.860. The van der Waals surface area contributed by atoms with Gasteiger partial charge >= 0.3 is 5.97 Å². The van der Waals surface area contributed by atoms with E-state index in [1.807, 2.05) is 0 Å². The van der Waals surface area contributed by atoms with Crippen molar-refractivity contribution < 1.29 is 17.9 Å². The van der Waals surface area contributed by atoms with Gasteiger partial charge in [-0.1, -0.05) is 24.4 Å². The van der Waals surface area contributed by atoms with Crippen molar-refractivity contribution in [2.45, 2.75) is 36.6 Å². The summed E-state index contributed by atoms with van der Waals surface area (Å²) in [4.78, 5) is 11.9. The molecule has 0 heterocycles. The number of benzene rings is 1. The summed E-state index contributed by atoms with van der Waals surface area (Å²) in [5, 5.41) is 0.471. The van der Waals surface area contributed by atoms with E-state index in [-0.39, 0.29) is 10.9 Å². The highest BCUT2D eigenvalue weighted by atomic mass is 35.5. The monoisotopic (exact) mass is 331 g/mol. The van der Waals surface area contributed by atoms with Gasteiger partial charge in [0.1, 0.15) is 0 Å². The summed E-state index contributed by atoms with van der Waals surface area (Å²) >= 11 is 5.76. The average molecular weight is 332 g/mol. The third-order valence-electron chi connectivity index (χ3n) is 3.70. The van der Waals surface area contributed by atoms with Crippen LogP contribution < -0.4 is 4.72 Å². The lowest BCUT2D eigenvalue weighted by Gasteiger charge is -2.29. The minimum atomic E-state index is -3.67. The number of nitrogens with one attached hydrogen (secondary N) is 1. The van der Waals surface area contributed by atoms with E-state index in [1.54, 1.807) is 0 Å². The molecule has 2 atom stereocenters. The largest absolute Gasteiger partial charge is 0.469 e. The average Bonchev–Trinajstić information content (AvgIpc) is 2.47. The number of hydrogen-bond acceptors (Lipinski definition) is 4. The van der Waals surface area contributed by atoms with Crippen LogP contribution in [-0.2, 0) is 19.6 Å². The van der Waals surface area contributed by atoms with E-state index in [2.05, 4.69) is 4.72 Å². The Labute approximate surface area is 129 Å². The zero-order valence-electron chi connectivity index (χ0n) is 11.7. The molecule has 2 rings (SSSR count). The molecule has 0 spiro atoms. The normalized spacial score (nSPS) is 22.8. The number of carbonyl (C=O) groups is 1. The van der Waals surface area contributed by atoms with Crippen molar-refractivity contribution in [3.63, 3.8) is 0 Å². The fraction of sp³-hybridized carbons (Fsp3) is 0.500. The topological polar surface area (TPSA) is 72.5 Å². The summed E-state index contributed by atoms with van der Waals surface area (Å²) < 4.78 is 32.1. The minimum absolute atomic E-state index is 0.140. The van der Waals surface area contributed by atoms with Crippen LogP contribution in [0.1, 0.15) is 25.7 Å². The Hall–Kier alpha value is -1.11. The molecule has 7 heteroatoms. The van der Waals surface area contributed by atoms with Crippen molar-refractivity contribution in [2.24, 2.45) is 5.92 Å². The smallest absolute Gasteiger partial charge is 0.310 e. The predicted octanol–water partition coefficient (Wildman–Crippen LogP) is 2.35. The van der Waals surface area contributed by atoms with Crippen molar-refractivity contribution in [2.75, 3.05) is 7.11 Å². The molecule has 1 aromatic carbocycles. The second kappa shape index (κ2) is 6.77. The summed E-state index contributed by atoms with van der Waals surface area (Å²) in [5.41, 5.74) is 0. The Morgan fingerprint density at radius 2 is 1.86 bits per heavy atom. The Bertz CT molecular complexity index is 600. The molecule has 0 unspecified atom stereocenters. The molecule has 116 valence electrons. The molecule has 1 N–H and O–H groups in total. The van der Waals surface area contributed by atoms with Crippen LogP contribution in [0.25, 0.3) is 0 Å². The standard InChI is InChI=1S/C14H18ClNO4S/c1-20-14(17)12-4-2-3-5-13(12)16-21(18,19)11-8-6-10(15)7-9-11/h6-9,12-13,16H,2-5H2,1H3/t12-,13-/m1/s1. The van der Waals surface area contributed by atoms with E-state index in [0.29, 0.717) is 17.9 Å². The first-order chi connectivity index (χ1) is 9.94. The lowest BCUT2D eigenvalue weighted by atomic mass is 9.85. The minimum Gasteiger partial charge on any atom is -0.469 e. The zero-order valence-corrected chi connectivity index (χ0v) is 13.3. The van der Waals surface area contributed by atoms with Crippen molar-refractivity contribution in [1.82, 2.24) is 4.72 Å². The second-order valence-electron chi connectivity index (χ2n) is 5.10. The second-order valence-corrected chi connectivity index (χ2v) is 7.25. The van der Waals surface area contributed by atoms with Crippen molar-refractivity contribution in [3.8, 4) is 0 Å². The van der Waals surface area contributed by atoms with Crippen LogP contribution in [0, 0.1) is 5.92 Å². The first kappa shape index (κ1) is 16.3. The number of methoxy groups -OCH3 is 1. The van der Waals surface area contributed by atoms with Crippen LogP contribution in [0.4, 0.5) is 0 Å². The van der Waals surface area contributed by atoms with Crippen LogP contribution in [0.3, 0.4) is 0 Å². The Morgan fingerprint density at radius 3 is 2.48 bits per heavy atom. The van der Waals surface area contributed by atoms with Gasteiger partial charge in [0.25, 0.3) is 0 Å². The Morgan fingerprint density at radius 1 is 1.24 bits per heavy atom. The third kappa shape index (κ3) is 3.96. The Kier molecular flexibility index (Phi) is 5.24. The maximum atomic E-state index is 12.4. The summed E-state index contributed by atoms with van der Waals surface area (Å²) in [6.45, 7) is 0. The number of hydrogen-bond donors (Lipinski definition) is 1. The lowest BCUT2D eigenvalue weighted by molar-refractivity contribution is -0.147. The van der Waals surface area contributed by atoms with Crippen LogP contribution in [-0.4, -0.2) is 27.5 Å². The molecule has 1 aromatic rings. The van der Waals surface area contributed by atoms with E-state index in [1.165, 1.54) is 31.4 Å². The summed E-state index contributed by atoms with van der Waals surface area (Å²) in [5.74, 6) is -0.788. The van der Waals surface area contributed by atoms with Gasteiger partial charge in [0.15, 0.2) is 0 Å². The molecule has 1 aliphatic carbocycles. The predicted molar refractivity (Wildman–Crippen MR) is 79.5 cm³/mol. The fourth-order valence-electron chi connectivity index (χ4n) is 2.59.